The first-order valence-corrected chi connectivity index (χ1v) is 9.75. The Morgan fingerprint density at radius 1 is 1.07 bits per heavy atom. The summed E-state index contributed by atoms with van der Waals surface area (Å²) in [6.45, 7) is 4.47. The molecule has 146 valence electrons. The molecule has 1 unspecified atom stereocenters. The van der Waals surface area contributed by atoms with E-state index in [4.69, 9.17) is 0 Å². The summed E-state index contributed by atoms with van der Waals surface area (Å²) < 4.78 is 1.60. The number of para-hydroxylation sites is 1. The lowest BCUT2D eigenvalue weighted by molar-refractivity contribution is 0.0935. The molecule has 0 fully saturated rings. The molecule has 0 aliphatic heterocycles. The highest BCUT2D eigenvalue weighted by molar-refractivity contribution is 6.02. The normalized spacial score (nSPS) is 12.1. The maximum Gasteiger partial charge on any atom is 0.267 e. The van der Waals surface area contributed by atoms with Gasteiger partial charge in [0.1, 0.15) is 11.3 Å². The quantitative estimate of drug-likeness (QED) is 0.599. The van der Waals surface area contributed by atoms with E-state index in [2.05, 4.69) is 12.2 Å². The van der Waals surface area contributed by atoms with Crippen LogP contribution in [0.4, 0.5) is 0 Å². The van der Waals surface area contributed by atoms with Crippen LogP contribution in [0, 0.1) is 0 Å². The monoisotopic (exact) mass is 378 g/mol. The van der Waals surface area contributed by atoms with E-state index in [1.54, 1.807) is 22.8 Å². The highest BCUT2D eigenvalue weighted by atomic mass is 16.3. The number of fused-ring (bicyclic) bond motifs is 1. The number of hydrogen-bond donors (Lipinski definition) is 2. The Balaban J connectivity index is 2.02. The maximum absolute atomic E-state index is 13.1. The summed E-state index contributed by atoms with van der Waals surface area (Å²) >= 11 is 0. The number of rotatable bonds is 7. The van der Waals surface area contributed by atoms with Crippen molar-refractivity contribution in [3.8, 4) is 5.75 Å². The molecule has 0 spiro atoms. The van der Waals surface area contributed by atoms with E-state index in [0.29, 0.717) is 17.4 Å². The fourth-order valence-electron chi connectivity index (χ4n) is 3.43. The Morgan fingerprint density at radius 3 is 2.46 bits per heavy atom. The molecule has 0 radical (unpaired) electrons. The average molecular weight is 378 g/mol. The first kappa shape index (κ1) is 19.7. The zero-order valence-electron chi connectivity index (χ0n) is 16.3. The Hall–Kier alpha value is -3.08. The maximum atomic E-state index is 13.1. The molecule has 28 heavy (non-hydrogen) atoms. The molecule has 1 heterocycles. The average Bonchev–Trinajstić information content (AvgIpc) is 2.71. The molecule has 0 bridgehead atoms. The van der Waals surface area contributed by atoms with Crippen molar-refractivity contribution in [2.75, 3.05) is 0 Å². The van der Waals surface area contributed by atoms with Crippen LogP contribution in [0.5, 0.6) is 5.75 Å². The molecule has 2 N–H and O–H groups in total. The minimum absolute atomic E-state index is 0.196. The Morgan fingerprint density at radius 2 is 1.75 bits per heavy atom. The van der Waals surface area contributed by atoms with Crippen molar-refractivity contribution >= 4 is 16.8 Å². The SMILES string of the molecule is CCCCCn1c(=O)c(C(=O)NC(C)c2ccccc2)c(O)c2ccccc21. The summed E-state index contributed by atoms with van der Waals surface area (Å²) in [5.41, 5.74) is 0.927. The number of aryl methyl sites for hydroxylation is 1. The van der Waals surface area contributed by atoms with Gasteiger partial charge in [0, 0.05) is 11.9 Å². The standard InChI is InChI=1S/C23H26N2O3/c1-3-4-10-15-25-19-14-9-8-13-18(19)21(26)20(23(25)28)22(27)24-16(2)17-11-6-5-7-12-17/h5-9,11-14,16,26H,3-4,10,15H2,1-2H3,(H,24,27). The summed E-state index contributed by atoms with van der Waals surface area (Å²) in [6.07, 6.45) is 2.87. The van der Waals surface area contributed by atoms with Crippen molar-refractivity contribution in [3.63, 3.8) is 0 Å². The van der Waals surface area contributed by atoms with Gasteiger partial charge in [-0.15, -0.1) is 0 Å². The summed E-state index contributed by atoms with van der Waals surface area (Å²) in [4.78, 5) is 26.0. The van der Waals surface area contributed by atoms with E-state index in [9.17, 15) is 14.7 Å². The van der Waals surface area contributed by atoms with Crippen LogP contribution in [0.15, 0.2) is 59.4 Å². The molecule has 0 aliphatic carbocycles. The van der Waals surface area contributed by atoms with Gasteiger partial charge in [-0.25, -0.2) is 0 Å². The van der Waals surface area contributed by atoms with E-state index in [-0.39, 0.29) is 17.4 Å². The van der Waals surface area contributed by atoms with Gasteiger partial charge in [0.15, 0.2) is 0 Å². The van der Waals surface area contributed by atoms with Gasteiger partial charge in [-0.2, -0.15) is 0 Å². The van der Waals surface area contributed by atoms with Crippen molar-refractivity contribution in [1.82, 2.24) is 9.88 Å². The molecule has 5 heteroatoms. The first-order valence-electron chi connectivity index (χ1n) is 9.75. The third-order valence-corrected chi connectivity index (χ3v) is 5.01. The third-order valence-electron chi connectivity index (χ3n) is 5.01. The molecule has 0 saturated carbocycles. The minimum atomic E-state index is -0.561. The molecule has 1 aromatic heterocycles. The van der Waals surface area contributed by atoms with Crippen LogP contribution < -0.4 is 10.9 Å². The number of carbonyl (C=O) groups is 1. The number of pyridine rings is 1. The zero-order valence-corrected chi connectivity index (χ0v) is 16.3. The Labute approximate surface area is 164 Å². The Bertz CT molecular complexity index is 1030. The van der Waals surface area contributed by atoms with Crippen LogP contribution in [0.3, 0.4) is 0 Å². The third kappa shape index (κ3) is 3.93. The van der Waals surface area contributed by atoms with Gasteiger partial charge < -0.3 is 15.0 Å². The van der Waals surface area contributed by atoms with Gasteiger partial charge in [-0.3, -0.25) is 9.59 Å². The lowest BCUT2D eigenvalue weighted by atomic mass is 10.1. The van der Waals surface area contributed by atoms with Crippen molar-refractivity contribution in [2.45, 2.75) is 45.7 Å². The van der Waals surface area contributed by atoms with Gasteiger partial charge in [0.2, 0.25) is 0 Å². The van der Waals surface area contributed by atoms with Crippen molar-refractivity contribution in [2.24, 2.45) is 0 Å². The van der Waals surface area contributed by atoms with Crippen LogP contribution in [-0.2, 0) is 6.54 Å². The number of aromatic nitrogens is 1. The second-order valence-electron chi connectivity index (χ2n) is 7.01. The molecule has 5 nitrogen and oxygen atoms in total. The van der Waals surface area contributed by atoms with Crippen LogP contribution >= 0.6 is 0 Å². The molecule has 3 rings (SSSR count). The first-order chi connectivity index (χ1) is 13.5. The minimum Gasteiger partial charge on any atom is -0.506 e. The van der Waals surface area contributed by atoms with Crippen LogP contribution in [0.25, 0.3) is 10.9 Å². The number of nitrogens with one attached hydrogen (secondary N) is 1. The second-order valence-corrected chi connectivity index (χ2v) is 7.01. The summed E-state index contributed by atoms with van der Waals surface area (Å²) in [7, 11) is 0. The number of unbranched alkanes of at least 4 members (excludes halogenated alkanes) is 2. The van der Waals surface area contributed by atoms with Crippen molar-refractivity contribution < 1.29 is 9.90 Å². The van der Waals surface area contributed by atoms with Gasteiger partial charge >= 0.3 is 0 Å². The molecule has 0 saturated heterocycles. The fraction of sp³-hybridized carbons (Fsp3) is 0.304. The molecule has 1 amide bonds. The van der Waals surface area contributed by atoms with Gasteiger partial charge in [-0.05, 0) is 31.0 Å². The zero-order chi connectivity index (χ0) is 20.1. The number of aromatic hydroxyl groups is 1. The van der Waals surface area contributed by atoms with E-state index < -0.39 is 11.5 Å². The van der Waals surface area contributed by atoms with E-state index in [1.807, 2.05) is 43.3 Å². The van der Waals surface area contributed by atoms with Gasteiger partial charge in [0.25, 0.3) is 11.5 Å². The number of hydrogen-bond acceptors (Lipinski definition) is 3. The number of carbonyl (C=O) groups excluding carboxylic acids is 1. The smallest absolute Gasteiger partial charge is 0.267 e. The summed E-state index contributed by atoms with van der Waals surface area (Å²) in [6, 6.07) is 16.4. The molecule has 1 atom stereocenters. The molecular formula is C23H26N2O3. The Kier molecular flexibility index (Phi) is 6.14. The topological polar surface area (TPSA) is 71.3 Å². The molecule has 2 aromatic carbocycles. The molecular weight excluding hydrogens is 352 g/mol. The number of benzene rings is 2. The van der Waals surface area contributed by atoms with Gasteiger partial charge in [0.05, 0.1) is 11.6 Å². The summed E-state index contributed by atoms with van der Waals surface area (Å²) in [5.74, 6) is -0.820. The lowest BCUT2D eigenvalue weighted by Gasteiger charge is -2.17. The summed E-state index contributed by atoms with van der Waals surface area (Å²) in [5, 5.41) is 14.1. The molecule has 3 aromatic rings. The molecule has 0 aliphatic rings. The van der Waals surface area contributed by atoms with Crippen LogP contribution in [0.2, 0.25) is 0 Å². The highest BCUT2D eigenvalue weighted by Crippen LogP contribution is 2.27. The fourth-order valence-corrected chi connectivity index (χ4v) is 3.43. The predicted molar refractivity (Wildman–Crippen MR) is 112 cm³/mol. The number of amides is 1. The highest BCUT2D eigenvalue weighted by Gasteiger charge is 2.23. The lowest BCUT2D eigenvalue weighted by Crippen LogP contribution is -2.34. The van der Waals surface area contributed by atoms with Crippen LogP contribution in [0.1, 0.15) is 55.1 Å². The van der Waals surface area contributed by atoms with E-state index >= 15 is 0 Å². The van der Waals surface area contributed by atoms with Crippen LogP contribution in [-0.4, -0.2) is 15.6 Å². The van der Waals surface area contributed by atoms with Crippen molar-refractivity contribution in [1.29, 1.82) is 0 Å². The van der Waals surface area contributed by atoms with E-state index in [1.165, 1.54) is 0 Å². The second kappa shape index (κ2) is 8.74. The largest absolute Gasteiger partial charge is 0.506 e. The van der Waals surface area contributed by atoms with Gasteiger partial charge in [-0.1, -0.05) is 62.2 Å². The number of nitrogens with zero attached hydrogens (tertiary/aromatic N) is 1. The van der Waals surface area contributed by atoms with Crippen molar-refractivity contribution in [3.05, 3.63) is 76.1 Å². The van der Waals surface area contributed by atoms with E-state index in [0.717, 1.165) is 24.8 Å². The predicted octanol–water partition coefficient (Wildman–Crippen LogP) is 4.39.